The van der Waals surface area contributed by atoms with E-state index in [1.54, 1.807) is 19.2 Å². The Morgan fingerprint density at radius 3 is 2.21 bits per heavy atom. The molecule has 0 aromatic heterocycles. The van der Waals surface area contributed by atoms with Crippen LogP contribution in [0.5, 0.6) is 23.0 Å². The lowest BCUT2D eigenvalue weighted by atomic mass is 10.2. The van der Waals surface area contributed by atoms with Crippen molar-refractivity contribution in [2.75, 3.05) is 12.4 Å². The molecule has 0 amide bonds. The van der Waals surface area contributed by atoms with Crippen LogP contribution in [0.1, 0.15) is 11.1 Å². The van der Waals surface area contributed by atoms with Crippen molar-refractivity contribution in [1.82, 2.24) is 0 Å². The summed E-state index contributed by atoms with van der Waals surface area (Å²) in [5, 5.41) is 3.40. The van der Waals surface area contributed by atoms with Gasteiger partial charge in [0.1, 0.15) is 23.9 Å². The minimum absolute atomic E-state index is 0.271. The molecule has 33 heavy (non-hydrogen) atoms. The molecule has 6 heteroatoms. The van der Waals surface area contributed by atoms with Crippen molar-refractivity contribution in [3.63, 3.8) is 0 Å². The van der Waals surface area contributed by atoms with Crippen molar-refractivity contribution >= 4 is 21.6 Å². The van der Waals surface area contributed by atoms with E-state index in [0.717, 1.165) is 32.8 Å². The zero-order valence-electron chi connectivity index (χ0n) is 18.1. The number of benzene rings is 4. The molecule has 0 aliphatic heterocycles. The van der Waals surface area contributed by atoms with Crippen LogP contribution < -0.4 is 19.5 Å². The monoisotopic (exact) mass is 507 g/mol. The summed E-state index contributed by atoms with van der Waals surface area (Å²) in [5.74, 6) is 2.53. The molecule has 1 N–H and O–H groups in total. The van der Waals surface area contributed by atoms with Gasteiger partial charge in [0, 0.05) is 12.2 Å². The number of hydrogen-bond acceptors (Lipinski definition) is 4. The van der Waals surface area contributed by atoms with Gasteiger partial charge < -0.3 is 19.5 Å². The third kappa shape index (κ3) is 6.26. The second-order valence-corrected chi connectivity index (χ2v) is 8.17. The highest BCUT2D eigenvalue weighted by Crippen LogP contribution is 2.37. The van der Waals surface area contributed by atoms with Crippen LogP contribution in [0.15, 0.2) is 95.5 Å². The molecule has 4 aromatic carbocycles. The number of para-hydroxylation sites is 1. The predicted molar refractivity (Wildman–Crippen MR) is 132 cm³/mol. The molecule has 168 valence electrons. The van der Waals surface area contributed by atoms with Crippen LogP contribution >= 0.6 is 15.9 Å². The van der Waals surface area contributed by atoms with Gasteiger partial charge in [-0.05, 0) is 87.7 Å². The molecule has 0 aliphatic rings. The molecular weight excluding hydrogens is 485 g/mol. The largest absolute Gasteiger partial charge is 0.493 e. The third-order valence-corrected chi connectivity index (χ3v) is 5.50. The van der Waals surface area contributed by atoms with Crippen LogP contribution in [-0.4, -0.2) is 7.11 Å². The minimum Gasteiger partial charge on any atom is -0.493 e. The molecule has 0 fully saturated rings. The van der Waals surface area contributed by atoms with E-state index < -0.39 is 0 Å². The summed E-state index contributed by atoms with van der Waals surface area (Å²) in [6.45, 7) is 0.913. The quantitative estimate of drug-likeness (QED) is 0.253. The zero-order chi connectivity index (χ0) is 23.0. The molecule has 0 heterocycles. The fourth-order valence-corrected chi connectivity index (χ4v) is 3.82. The Labute approximate surface area is 201 Å². The van der Waals surface area contributed by atoms with Gasteiger partial charge in [-0.25, -0.2) is 4.39 Å². The molecule has 0 unspecified atom stereocenters. The van der Waals surface area contributed by atoms with Gasteiger partial charge in [0.05, 0.1) is 11.6 Å². The van der Waals surface area contributed by atoms with Crippen molar-refractivity contribution in [3.8, 4) is 23.0 Å². The van der Waals surface area contributed by atoms with Crippen molar-refractivity contribution in [1.29, 1.82) is 0 Å². The number of hydrogen-bond donors (Lipinski definition) is 1. The van der Waals surface area contributed by atoms with Gasteiger partial charge in [-0.2, -0.15) is 0 Å². The van der Waals surface area contributed by atoms with Gasteiger partial charge in [0.2, 0.25) is 0 Å². The van der Waals surface area contributed by atoms with E-state index in [1.807, 2.05) is 66.7 Å². The predicted octanol–water partition coefficient (Wildman–Crippen LogP) is 7.58. The van der Waals surface area contributed by atoms with Crippen molar-refractivity contribution in [2.24, 2.45) is 0 Å². The van der Waals surface area contributed by atoms with Crippen molar-refractivity contribution in [2.45, 2.75) is 13.2 Å². The molecular formula is C27H23BrFNO3. The Balaban J connectivity index is 1.38. The van der Waals surface area contributed by atoms with Crippen molar-refractivity contribution in [3.05, 3.63) is 112 Å². The number of halogens is 2. The van der Waals surface area contributed by atoms with E-state index in [1.165, 1.54) is 12.1 Å². The lowest BCUT2D eigenvalue weighted by Gasteiger charge is -2.15. The van der Waals surface area contributed by atoms with E-state index in [4.69, 9.17) is 14.2 Å². The van der Waals surface area contributed by atoms with Gasteiger partial charge in [-0.15, -0.1) is 0 Å². The van der Waals surface area contributed by atoms with Crippen LogP contribution in [0.25, 0.3) is 0 Å². The summed E-state index contributed by atoms with van der Waals surface area (Å²) in [6.07, 6.45) is 0. The van der Waals surface area contributed by atoms with Crippen LogP contribution in [-0.2, 0) is 13.2 Å². The van der Waals surface area contributed by atoms with Gasteiger partial charge >= 0.3 is 0 Å². The summed E-state index contributed by atoms with van der Waals surface area (Å²) < 4.78 is 31.2. The van der Waals surface area contributed by atoms with Crippen molar-refractivity contribution < 1.29 is 18.6 Å². The van der Waals surface area contributed by atoms with Crippen LogP contribution in [0, 0.1) is 5.82 Å². The number of methoxy groups -OCH3 is 1. The second-order valence-electron chi connectivity index (χ2n) is 7.32. The van der Waals surface area contributed by atoms with E-state index >= 15 is 0 Å². The first-order chi connectivity index (χ1) is 16.1. The maximum absolute atomic E-state index is 13.1. The number of anilines is 1. The number of ether oxygens (including phenoxy) is 3. The molecule has 0 atom stereocenters. The lowest BCUT2D eigenvalue weighted by molar-refractivity contribution is 0.282. The first kappa shape index (κ1) is 22.7. The van der Waals surface area contributed by atoms with Crippen LogP contribution in [0.4, 0.5) is 10.1 Å². The molecule has 0 aliphatic carbocycles. The minimum atomic E-state index is -0.271. The van der Waals surface area contributed by atoms with Gasteiger partial charge in [0.25, 0.3) is 0 Å². The lowest BCUT2D eigenvalue weighted by Crippen LogP contribution is -2.03. The average Bonchev–Trinajstić information content (AvgIpc) is 2.84. The van der Waals surface area contributed by atoms with E-state index in [-0.39, 0.29) is 5.82 Å². The summed E-state index contributed by atoms with van der Waals surface area (Å²) in [5.41, 5.74) is 2.87. The Hall–Kier alpha value is -3.51. The Morgan fingerprint density at radius 2 is 1.52 bits per heavy atom. The molecule has 0 saturated heterocycles. The normalized spacial score (nSPS) is 10.5. The standard InChI is InChI=1S/C27H23BrFNO3/c1-31-26-16-20(15-25(28)27(26)32-18-19-7-9-21(29)10-8-19)17-30-22-11-13-24(14-12-22)33-23-5-3-2-4-6-23/h2-16,30H,17-18H2,1H3. The number of nitrogens with one attached hydrogen (secondary N) is 1. The molecule has 4 rings (SSSR count). The molecule has 0 saturated carbocycles. The Bertz CT molecular complexity index is 1180. The summed E-state index contributed by atoms with van der Waals surface area (Å²) in [7, 11) is 1.61. The van der Waals surface area contributed by atoms with E-state index in [9.17, 15) is 4.39 Å². The summed E-state index contributed by atoms with van der Waals surface area (Å²) in [6, 6.07) is 27.6. The molecule has 4 nitrogen and oxygen atoms in total. The SMILES string of the molecule is COc1cc(CNc2ccc(Oc3ccccc3)cc2)cc(Br)c1OCc1ccc(F)cc1. The van der Waals surface area contributed by atoms with Gasteiger partial charge in [0.15, 0.2) is 11.5 Å². The van der Waals surface area contributed by atoms with E-state index in [2.05, 4.69) is 21.2 Å². The first-order valence-corrected chi connectivity index (χ1v) is 11.2. The van der Waals surface area contributed by atoms with E-state index in [0.29, 0.717) is 24.7 Å². The fourth-order valence-electron chi connectivity index (χ4n) is 3.22. The Morgan fingerprint density at radius 1 is 0.818 bits per heavy atom. The molecule has 0 spiro atoms. The third-order valence-electron chi connectivity index (χ3n) is 4.92. The first-order valence-electron chi connectivity index (χ1n) is 10.4. The smallest absolute Gasteiger partial charge is 0.175 e. The Kier molecular flexibility index (Phi) is 7.47. The maximum atomic E-state index is 13.1. The highest BCUT2D eigenvalue weighted by molar-refractivity contribution is 9.10. The fraction of sp³-hybridized carbons (Fsp3) is 0.111. The highest BCUT2D eigenvalue weighted by atomic mass is 79.9. The summed E-state index contributed by atoms with van der Waals surface area (Å²) >= 11 is 3.58. The van der Waals surface area contributed by atoms with Gasteiger partial charge in [-0.3, -0.25) is 0 Å². The molecule has 4 aromatic rings. The molecule has 0 bridgehead atoms. The zero-order valence-corrected chi connectivity index (χ0v) is 19.6. The average molecular weight is 508 g/mol. The topological polar surface area (TPSA) is 39.7 Å². The highest BCUT2D eigenvalue weighted by Gasteiger charge is 2.12. The van der Waals surface area contributed by atoms with Crippen LogP contribution in [0.2, 0.25) is 0 Å². The second kappa shape index (κ2) is 10.9. The van der Waals surface area contributed by atoms with Crippen LogP contribution in [0.3, 0.4) is 0 Å². The summed E-state index contributed by atoms with van der Waals surface area (Å²) in [4.78, 5) is 0. The maximum Gasteiger partial charge on any atom is 0.175 e. The molecule has 0 radical (unpaired) electrons. The number of rotatable bonds is 9. The van der Waals surface area contributed by atoms with Gasteiger partial charge in [-0.1, -0.05) is 30.3 Å².